The zero-order valence-electron chi connectivity index (χ0n) is 7.94. The van der Waals surface area contributed by atoms with Gasteiger partial charge in [0.25, 0.3) is 0 Å². The lowest BCUT2D eigenvalue weighted by atomic mass is 10.3. The Morgan fingerprint density at radius 2 is 2.50 bits per heavy atom. The molecule has 0 bridgehead atoms. The summed E-state index contributed by atoms with van der Waals surface area (Å²) < 4.78 is 0. The largest absolute Gasteiger partial charge is 0.365 e. The highest BCUT2D eigenvalue weighted by Gasteiger charge is 2.19. The monoisotopic (exact) mass is 213 g/mol. The van der Waals surface area contributed by atoms with Crippen molar-refractivity contribution in [2.45, 2.75) is 12.5 Å². The molecule has 1 fully saturated rings. The van der Waals surface area contributed by atoms with Gasteiger partial charge in [0.05, 0.1) is 6.20 Å². The molecule has 0 amide bonds. The molecule has 5 nitrogen and oxygen atoms in total. The molecule has 1 aromatic rings. The van der Waals surface area contributed by atoms with Gasteiger partial charge in [0.1, 0.15) is 5.82 Å². The maximum atomic E-state index is 5.62. The summed E-state index contributed by atoms with van der Waals surface area (Å²) in [6, 6.07) is 0.438. The molecule has 0 aromatic carbocycles. The van der Waals surface area contributed by atoms with Crippen LogP contribution in [0.2, 0.25) is 5.28 Å². The van der Waals surface area contributed by atoms with Crippen molar-refractivity contribution in [3.63, 3.8) is 0 Å². The van der Waals surface area contributed by atoms with E-state index in [0.29, 0.717) is 11.9 Å². The normalized spacial score (nSPS) is 22.6. The van der Waals surface area contributed by atoms with Crippen LogP contribution in [-0.2, 0) is 0 Å². The second-order valence-electron chi connectivity index (χ2n) is 3.50. The van der Waals surface area contributed by atoms with E-state index < -0.39 is 0 Å². The Balaban J connectivity index is 1.97. The molecule has 0 aliphatic carbocycles. The summed E-state index contributed by atoms with van der Waals surface area (Å²) >= 11 is 5.62. The number of nitrogens with zero attached hydrogens (tertiary/aromatic N) is 4. The second kappa shape index (κ2) is 4.06. The highest BCUT2D eigenvalue weighted by atomic mass is 35.5. The fourth-order valence-electron chi connectivity index (χ4n) is 1.61. The maximum Gasteiger partial charge on any atom is 0.244 e. The lowest BCUT2D eigenvalue weighted by Crippen LogP contribution is -2.24. The molecule has 6 heteroatoms. The summed E-state index contributed by atoms with van der Waals surface area (Å²) in [5.74, 6) is 0.699. The van der Waals surface area contributed by atoms with Gasteiger partial charge in [-0.15, -0.1) is 5.10 Å². The highest BCUT2D eigenvalue weighted by Crippen LogP contribution is 2.12. The topological polar surface area (TPSA) is 53.9 Å². The molecule has 1 aromatic heterocycles. The van der Waals surface area contributed by atoms with Gasteiger partial charge in [-0.25, -0.2) is 0 Å². The van der Waals surface area contributed by atoms with E-state index in [1.54, 1.807) is 6.20 Å². The second-order valence-corrected chi connectivity index (χ2v) is 3.84. The molecular weight excluding hydrogens is 202 g/mol. The molecule has 2 heterocycles. The highest BCUT2D eigenvalue weighted by molar-refractivity contribution is 6.28. The van der Waals surface area contributed by atoms with Crippen molar-refractivity contribution in [3.8, 4) is 0 Å². The molecule has 0 radical (unpaired) electrons. The van der Waals surface area contributed by atoms with Crippen LogP contribution >= 0.6 is 11.6 Å². The summed E-state index contributed by atoms with van der Waals surface area (Å²) in [7, 11) is 2.10. The van der Waals surface area contributed by atoms with E-state index in [1.807, 2.05) is 0 Å². The fourth-order valence-corrected chi connectivity index (χ4v) is 1.75. The van der Waals surface area contributed by atoms with E-state index >= 15 is 0 Å². The van der Waals surface area contributed by atoms with Gasteiger partial charge in [-0.1, -0.05) is 0 Å². The van der Waals surface area contributed by atoms with Crippen LogP contribution in [0.5, 0.6) is 0 Å². The Labute approximate surface area is 87.5 Å². The third-order valence-corrected chi connectivity index (χ3v) is 2.44. The van der Waals surface area contributed by atoms with E-state index in [9.17, 15) is 0 Å². The van der Waals surface area contributed by atoms with Crippen molar-refractivity contribution in [1.29, 1.82) is 0 Å². The predicted molar refractivity (Wildman–Crippen MR) is 54.4 cm³/mol. The molecule has 76 valence electrons. The number of likely N-dealkylation sites (N-methyl/N-ethyl adjacent to an activating group) is 1. The van der Waals surface area contributed by atoms with Gasteiger partial charge >= 0.3 is 0 Å². The van der Waals surface area contributed by atoms with E-state index in [0.717, 1.165) is 19.5 Å². The number of likely N-dealkylation sites (tertiary alicyclic amines) is 1. The van der Waals surface area contributed by atoms with Gasteiger partial charge in [0.15, 0.2) is 0 Å². The third kappa shape index (κ3) is 2.30. The average Bonchev–Trinajstić information content (AvgIpc) is 2.51. The minimum absolute atomic E-state index is 0.182. The lowest BCUT2D eigenvalue weighted by molar-refractivity contribution is 0.414. The van der Waals surface area contributed by atoms with Crippen LogP contribution < -0.4 is 5.32 Å². The zero-order chi connectivity index (χ0) is 9.97. The summed E-state index contributed by atoms with van der Waals surface area (Å²) in [6.07, 6.45) is 2.71. The molecule has 1 saturated heterocycles. The van der Waals surface area contributed by atoms with Crippen LogP contribution in [0.1, 0.15) is 6.42 Å². The number of anilines is 1. The molecule has 1 aliphatic heterocycles. The Hall–Kier alpha value is -0.940. The van der Waals surface area contributed by atoms with Crippen LogP contribution in [0.3, 0.4) is 0 Å². The summed E-state index contributed by atoms with van der Waals surface area (Å²) in [6.45, 7) is 2.14. The van der Waals surface area contributed by atoms with E-state index in [1.165, 1.54) is 0 Å². The molecule has 14 heavy (non-hydrogen) atoms. The van der Waals surface area contributed by atoms with Crippen LogP contribution in [0.15, 0.2) is 6.20 Å². The van der Waals surface area contributed by atoms with Gasteiger partial charge in [0, 0.05) is 12.6 Å². The Morgan fingerprint density at radius 1 is 1.64 bits per heavy atom. The van der Waals surface area contributed by atoms with Crippen molar-refractivity contribution >= 4 is 17.4 Å². The van der Waals surface area contributed by atoms with Gasteiger partial charge in [0.2, 0.25) is 5.28 Å². The van der Waals surface area contributed by atoms with Crippen LogP contribution in [0.25, 0.3) is 0 Å². The minimum Gasteiger partial charge on any atom is -0.365 e. The molecule has 0 saturated carbocycles. The van der Waals surface area contributed by atoms with Crippen molar-refractivity contribution in [2.24, 2.45) is 0 Å². The van der Waals surface area contributed by atoms with Crippen molar-refractivity contribution in [3.05, 3.63) is 11.5 Å². The first-order valence-corrected chi connectivity index (χ1v) is 4.92. The molecule has 1 atom stereocenters. The maximum absolute atomic E-state index is 5.62. The van der Waals surface area contributed by atoms with Gasteiger partial charge in [-0.05, 0) is 31.6 Å². The number of halogens is 1. The zero-order valence-corrected chi connectivity index (χ0v) is 8.70. The first-order valence-electron chi connectivity index (χ1n) is 4.54. The summed E-state index contributed by atoms with van der Waals surface area (Å²) in [5.41, 5.74) is 0. The fraction of sp³-hybridized carbons (Fsp3) is 0.625. The van der Waals surface area contributed by atoms with Crippen molar-refractivity contribution < 1.29 is 0 Å². The van der Waals surface area contributed by atoms with Gasteiger partial charge in [-0.2, -0.15) is 10.1 Å². The van der Waals surface area contributed by atoms with Crippen LogP contribution in [-0.4, -0.2) is 46.3 Å². The van der Waals surface area contributed by atoms with E-state index in [-0.39, 0.29) is 5.28 Å². The smallest absolute Gasteiger partial charge is 0.244 e. The van der Waals surface area contributed by atoms with Crippen LogP contribution in [0.4, 0.5) is 5.82 Å². The predicted octanol–water partition coefficient (Wildman–Crippen LogP) is 0.641. The minimum atomic E-state index is 0.182. The summed E-state index contributed by atoms with van der Waals surface area (Å²) in [4.78, 5) is 6.30. The van der Waals surface area contributed by atoms with Gasteiger partial charge in [-0.3, -0.25) is 0 Å². The van der Waals surface area contributed by atoms with E-state index in [2.05, 4.69) is 32.4 Å². The lowest BCUT2D eigenvalue weighted by Gasteiger charge is -2.12. The number of nitrogens with one attached hydrogen (secondary N) is 1. The number of rotatable bonds is 2. The number of aromatic nitrogens is 3. The third-order valence-electron chi connectivity index (χ3n) is 2.28. The summed E-state index contributed by atoms with van der Waals surface area (Å²) in [5, 5.41) is 10.8. The number of hydrogen-bond acceptors (Lipinski definition) is 5. The van der Waals surface area contributed by atoms with E-state index in [4.69, 9.17) is 11.6 Å². The Kier molecular flexibility index (Phi) is 2.79. The molecular formula is C8H12ClN5. The Morgan fingerprint density at radius 3 is 3.14 bits per heavy atom. The average molecular weight is 214 g/mol. The SMILES string of the molecule is CN1CCC(Nc2cnnc(Cl)n2)C1. The quantitative estimate of drug-likeness (QED) is 0.782. The first kappa shape index (κ1) is 9.61. The first-order chi connectivity index (χ1) is 6.74. The molecule has 2 rings (SSSR count). The molecule has 1 unspecified atom stereocenters. The van der Waals surface area contributed by atoms with Gasteiger partial charge < -0.3 is 10.2 Å². The Bertz CT molecular complexity index is 318. The molecule has 1 aliphatic rings. The standard InChI is InChI=1S/C8H12ClN5/c1-14-3-2-6(5-14)11-7-4-10-13-8(9)12-7/h4,6H,2-3,5H2,1H3,(H,11,12,13). The van der Waals surface area contributed by atoms with Crippen LogP contribution in [0, 0.1) is 0 Å². The van der Waals surface area contributed by atoms with Crippen molar-refractivity contribution in [1.82, 2.24) is 20.1 Å². The molecule has 0 spiro atoms. The molecule has 1 N–H and O–H groups in total. The van der Waals surface area contributed by atoms with Crippen molar-refractivity contribution in [2.75, 3.05) is 25.5 Å². The number of hydrogen-bond donors (Lipinski definition) is 1.